The molecule has 2 heterocycles. The molecule has 2 aliphatic rings. The third kappa shape index (κ3) is 3.78. The van der Waals surface area contributed by atoms with E-state index in [1.54, 1.807) is 36.4 Å². The topological polar surface area (TPSA) is 68.3 Å². The number of amides is 2. The Kier molecular flexibility index (Phi) is 5.94. The van der Waals surface area contributed by atoms with Crippen molar-refractivity contribution in [1.29, 1.82) is 0 Å². The van der Waals surface area contributed by atoms with Crippen molar-refractivity contribution >= 4 is 23.2 Å². The van der Waals surface area contributed by atoms with E-state index < -0.39 is 18.1 Å². The van der Waals surface area contributed by atoms with Gasteiger partial charge in [0, 0.05) is 0 Å². The van der Waals surface area contributed by atoms with Crippen LogP contribution < -0.4 is 19.4 Å². The summed E-state index contributed by atoms with van der Waals surface area (Å²) in [6, 6.07) is 23.6. The highest BCUT2D eigenvalue weighted by Gasteiger charge is 2.60. The molecule has 7 nitrogen and oxygen atoms in total. The molecule has 7 heteroatoms. The molecule has 2 saturated heterocycles. The highest BCUT2D eigenvalue weighted by Crippen LogP contribution is 2.48. The lowest BCUT2D eigenvalue weighted by molar-refractivity contribution is -0.126. The number of hydrogen-bond donors (Lipinski definition) is 0. The molecule has 0 radical (unpaired) electrons. The van der Waals surface area contributed by atoms with Crippen molar-refractivity contribution in [3.8, 4) is 11.5 Å². The minimum atomic E-state index is -0.917. The summed E-state index contributed by atoms with van der Waals surface area (Å²) in [7, 11) is 1.60. The van der Waals surface area contributed by atoms with Crippen LogP contribution in [0.1, 0.15) is 24.9 Å². The zero-order valence-electron chi connectivity index (χ0n) is 19.1. The van der Waals surface area contributed by atoms with Crippen molar-refractivity contribution in [2.75, 3.05) is 23.7 Å². The number of imide groups is 1. The van der Waals surface area contributed by atoms with Crippen molar-refractivity contribution in [3.63, 3.8) is 0 Å². The smallest absolute Gasteiger partial charge is 0.266 e. The molecule has 3 atom stereocenters. The Bertz CT molecular complexity index is 1180. The van der Waals surface area contributed by atoms with Gasteiger partial charge >= 0.3 is 0 Å². The van der Waals surface area contributed by atoms with Crippen LogP contribution in [0.3, 0.4) is 0 Å². The Hall–Kier alpha value is -3.84. The van der Waals surface area contributed by atoms with Gasteiger partial charge in [0.1, 0.15) is 17.4 Å². The van der Waals surface area contributed by atoms with Crippen LogP contribution in [0.2, 0.25) is 0 Å². The molecule has 34 heavy (non-hydrogen) atoms. The van der Waals surface area contributed by atoms with Crippen LogP contribution >= 0.6 is 0 Å². The zero-order chi connectivity index (χ0) is 23.7. The molecule has 2 aliphatic heterocycles. The number of ether oxygens (including phenoxy) is 2. The largest absolute Gasteiger partial charge is 0.497 e. The van der Waals surface area contributed by atoms with E-state index in [0.29, 0.717) is 23.8 Å². The number of carbonyl (C=O) groups excluding carboxylic acids is 2. The number of nitrogens with zero attached hydrogens (tertiary/aromatic N) is 2. The van der Waals surface area contributed by atoms with Crippen molar-refractivity contribution in [2.24, 2.45) is 5.92 Å². The van der Waals surface area contributed by atoms with Gasteiger partial charge in [-0.25, -0.2) is 9.96 Å². The van der Waals surface area contributed by atoms with E-state index in [4.69, 9.17) is 14.3 Å². The third-order valence-corrected chi connectivity index (χ3v) is 6.13. The summed E-state index contributed by atoms with van der Waals surface area (Å²) in [6.45, 7) is 2.64. The Morgan fingerprint density at radius 1 is 0.853 bits per heavy atom. The first-order chi connectivity index (χ1) is 16.6. The molecular weight excluding hydrogens is 432 g/mol. The van der Waals surface area contributed by atoms with Gasteiger partial charge in [0.25, 0.3) is 5.91 Å². The predicted octanol–water partition coefficient (Wildman–Crippen LogP) is 4.54. The monoisotopic (exact) mass is 458 g/mol. The maximum atomic E-state index is 13.7. The summed E-state index contributed by atoms with van der Waals surface area (Å²) in [4.78, 5) is 34.5. The van der Waals surface area contributed by atoms with Crippen LogP contribution in [0.25, 0.3) is 0 Å². The minimum absolute atomic E-state index is 0.288. The highest BCUT2D eigenvalue weighted by atomic mass is 16.7. The quantitative estimate of drug-likeness (QED) is 0.485. The van der Waals surface area contributed by atoms with Crippen LogP contribution in [0.4, 0.5) is 11.4 Å². The van der Waals surface area contributed by atoms with Gasteiger partial charge in [0.15, 0.2) is 6.10 Å². The standard InChI is InChI=1S/C27H26N2O5/c1-3-16-33-21-14-12-19(13-15-21)28-26(30)23-24(18-8-7-11-22(17-18)32-2)29(34-25(23)27(28)31)20-9-5-4-6-10-20/h4-15,17,23-25H,3,16H2,1-2H3. The van der Waals surface area contributed by atoms with Crippen molar-refractivity contribution in [3.05, 3.63) is 84.4 Å². The number of anilines is 2. The summed E-state index contributed by atoms with van der Waals surface area (Å²) in [5.74, 6) is 0.0127. The number of fused-ring (bicyclic) bond motifs is 1. The fourth-order valence-electron chi connectivity index (χ4n) is 4.54. The lowest BCUT2D eigenvalue weighted by Gasteiger charge is -2.29. The molecule has 0 spiro atoms. The molecule has 3 aromatic rings. The first-order valence-corrected chi connectivity index (χ1v) is 11.4. The Morgan fingerprint density at radius 2 is 1.62 bits per heavy atom. The number of para-hydroxylation sites is 1. The van der Waals surface area contributed by atoms with Crippen LogP contribution in [0, 0.1) is 5.92 Å². The van der Waals surface area contributed by atoms with E-state index in [1.165, 1.54) is 4.90 Å². The summed E-state index contributed by atoms with van der Waals surface area (Å²) in [6.07, 6.45) is -0.0188. The fourth-order valence-corrected chi connectivity index (χ4v) is 4.54. The number of carbonyl (C=O) groups is 2. The van der Waals surface area contributed by atoms with Gasteiger partial charge in [-0.05, 0) is 60.5 Å². The van der Waals surface area contributed by atoms with E-state index in [-0.39, 0.29) is 11.8 Å². The molecule has 3 aromatic carbocycles. The van der Waals surface area contributed by atoms with Crippen molar-refractivity contribution in [2.45, 2.75) is 25.5 Å². The average Bonchev–Trinajstić information content (AvgIpc) is 3.39. The van der Waals surface area contributed by atoms with Gasteiger partial charge in [-0.15, -0.1) is 0 Å². The molecule has 0 saturated carbocycles. The molecule has 0 aromatic heterocycles. The molecular formula is C27H26N2O5. The molecule has 5 rings (SSSR count). The van der Waals surface area contributed by atoms with Gasteiger partial charge in [-0.2, -0.15) is 0 Å². The van der Waals surface area contributed by atoms with Crippen LogP contribution in [-0.2, 0) is 14.4 Å². The molecule has 0 aliphatic carbocycles. The van der Waals surface area contributed by atoms with Gasteiger partial charge in [-0.1, -0.05) is 37.3 Å². The van der Waals surface area contributed by atoms with Gasteiger partial charge in [0.2, 0.25) is 5.91 Å². The Labute approximate surface area is 198 Å². The number of hydroxylamine groups is 1. The van der Waals surface area contributed by atoms with E-state index in [9.17, 15) is 9.59 Å². The van der Waals surface area contributed by atoms with E-state index >= 15 is 0 Å². The summed E-state index contributed by atoms with van der Waals surface area (Å²) in [5.41, 5.74) is 2.11. The van der Waals surface area contributed by atoms with Crippen LogP contribution in [0.5, 0.6) is 11.5 Å². The number of hydrogen-bond acceptors (Lipinski definition) is 6. The Balaban J connectivity index is 1.51. The summed E-state index contributed by atoms with van der Waals surface area (Å²) in [5, 5.41) is 1.68. The maximum absolute atomic E-state index is 13.7. The van der Waals surface area contributed by atoms with Gasteiger partial charge in [-0.3, -0.25) is 14.4 Å². The first-order valence-electron chi connectivity index (χ1n) is 11.4. The molecule has 0 N–H and O–H groups in total. The SMILES string of the molecule is CCCOc1ccc(N2C(=O)C3ON(c4ccccc4)C(c4cccc(OC)c4)C3C2=O)cc1. The molecule has 2 amide bonds. The van der Waals surface area contributed by atoms with Crippen molar-refractivity contribution < 1.29 is 23.9 Å². The van der Waals surface area contributed by atoms with Crippen molar-refractivity contribution in [1.82, 2.24) is 0 Å². The normalized spacial score (nSPS) is 21.6. The van der Waals surface area contributed by atoms with Crippen LogP contribution in [-0.4, -0.2) is 31.6 Å². The lowest BCUT2D eigenvalue weighted by atomic mass is 9.90. The molecule has 3 unspecified atom stereocenters. The first kappa shape index (κ1) is 22.0. The third-order valence-electron chi connectivity index (χ3n) is 6.13. The summed E-state index contributed by atoms with van der Waals surface area (Å²) >= 11 is 0. The lowest BCUT2D eigenvalue weighted by Crippen LogP contribution is -2.37. The van der Waals surface area contributed by atoms with Crippen LogP contribution in [0.15, 0.2) is 78.9 Å². The second-order valence-corrected chi connectivity index (χ2v) is 8.29. The molecule has 0 bridgehead atoms. The zero-order valence-corrected chi connectivity index (χ0v) is 19.1. The number of rotatable bonds is 7. The highest BCUT2D eigenvalue weighted by molar-refractivity contribution is 6.23. The average molecular weight is 459 g/mol. The molecule has 2 fully saturated rings. The van der Waals surface area contributed by atoms with E-state index in [2.05, 4.69) is 0 Å². The minimum Gasteiger partial charge on any atom is -0.497 e. The van der Waals surface area contributed by atoms with Gasteiger partial charge in [0.05, 0.1) is 31.1 Å². The summed E-state index contributed by atoms with van der Waals surface area (Å²) < 4.78 is 11.0. The molecule has 174 valence electrons. The number of benzene rings is 3. The Morgan fingerprint density at radius 3 is 2.32 bits per heavy atom. The van der Waals surface area contributed by atoms with E-state index in [1.807, 2.05) is 61.5 Å². The maximum Gasteiger partial charge on any atom is 0.266 e. The second kappa shape index (κ2) is 9.19. The van der Waals surface area contributed by atoms with E-state index in [0.717, 1.165) is 17.7 Å². The number of methoxy groups -OCH3 is 1. The second-order valence-electron chi connectivity index (χ2n) is 8.29. The van der Waals surface area contributed by atoms with Gasteiger partial charge < -0.3 is 9.47 Å². The fraction of sp³-hybridized carbons (Fsp3) is 0.259. The predicted molar refractivity (Wildman–Crippen MR) is 128 cm³/mol.